The summed E-state index contributed by atoms with van der Waals surface area (Å²) in [5.41, 5.74) is 2.17. The number of likely N-dealkylation sites (tertiary alicyclic amines) is 1. The van der Waals surface area contributed by atoms with Gasteiger partial charge in [0.2, 0.25) is 0 Å². The fraction of sp³-hybridized carbons (Fsp3) is 0.450. The second kappa shape index (κ2) is 8.17. The Morgan fingerprint density at radius 2 is 2.04 bits per heavy atom. The number of hydrogen-bond acceptors (Lipinski definition) is 4. The van der Waals surface area contributed by atoms with E-state index in [4.69, 9.17) is 11.6 Å². The number of amides is 2. The van der Waals surface area contributed by atoms with Gasteiger partial charge in [0.25, 0.3) is 11.8 Å². The molecule has 0 bridgehead atoms. The van der Waals surface area contributed by atoms with Crippen LogP contribution in [0.4, 0.5) is 0 Å². The molecule has 6 nitrogen and oxygen atoms in total. The topological polar surface area (TPSA) is 67.2 Å². The first kappa shape index (κ1) is 19.3. The summed E-state index contributed by atoms with van der Waals surface area (Å²) < 4.78 is 1.82. The summed E-state index contributed by atoms with van der Waals surface area (Å²) in [6.07, 6.45) is 4.55. The predicted octanol–water partition coefficient (Wildman–Crippen LogP) is 3.41. The largest absolute Gasteiger partial charge is 0.351 e. The first-order chi connectivity index (χ1) is 13.6. The van der Waals surface area contributed by atoms with Crippen LogP contribution in [0.2, 0.25) is 5.02 Å². The summed E-state index contributed by atoms with van der Waals surface area (Å²) in [5.74, 6) is 0.204. The summed E-state index contributed by atoms with van der Waals surface area (Å²) in [5, 5.41) is 8.08. The molecule has 1 aromatic carbocycles. The second-order valence-corrected chi connectivity index (χ2v) is 8.49. The first-order valence-electron chi connectivity index (χ1n) is 9.55. The van der Waals surface area contributed by atoms with Crippen molar-refractivity contribution >= 4 is 35.2 Å². The van der Waals surface area contributed by atoms with Gasteiger partial charge < -0.3 is 10.2 Å². The van der Waals surface area contributed by atoms with Gasteiger partial charge in [-0.3, -0.25) is 14.3 Å². The fourth-order valence-corrected chi connectivity index (χ4v) is 4.49. The molecule has 1 fully saturated rings. The number of fused-ring (bicyclic) bond motifs is 1. The van der Waals surface area contributed by atoms with Gasteiger partial charge in [0.1, 0.15) is 5.69 Å². The van der Waals surface area contributed by atoms with E-state index in [-0.39, 0.29) is 17.7 Å². The third kappa shape index (κ3) is 3.78. The highest BCUT2D eigenvalue weighted by Crippen LogP contribution is 2.30. The third-order valence-electron chi connectivity index (χ3n) is 5.47. The number of rotatable bonds is 3. The average molecular weight is 419 g/mol. The molecule has 2 amide bonds. The summed E-state index contributed by atoms with van der Waals surface area (Å²) in [6.45, 7) is 2.78. The van der Waals surface area contributed by atoms with Gasteiger partial charge in [-0.1, -0.05) is 11.6 Å². The van der Waals surface area contributed by atoms with Crippen LogP contribution in [0, 0.1) is 0 Å². The molecule has 2 aliphatic heterocycles. The van der Waals surface area contributed by atoms with Crippen LogP contribution in [0.5, 0.6) is 0 Å². The Kier molecular flexibility index (Phi) is 5.64. The SMILES string of the molecule is CSc1ccc(Cl)c(C(=O)N2CCC(c3cc4n(n3)CCCNC4=O)CC2)c1. The minimum atomic E-state index is -0.0489. The van der Waals surface area contributed by atoms with Crippen LogP contribution in [0.1, 0.15) is 51.7 Å². The summed E-state index contributed by atoms with van der Waals surface area (Å²) in [4.78, 5) is 28.0. The van der Waals surface area contributed by atoms with Crippen molar-refractivity contribution in [1.29, 1.82) is 0 Å². The Labute approximate surface area is 173 Å². The van der Waals surface area contributed by atoms with Crippen LogP contribution in [0.25, 0.3) is 0 Å². The highest BCUT2D eigenvalue weighted by atomic mass is 35.5. The zero-order valence-corrected chi connectivity index (χ0v) is 17.4. The maximum absolute atomic E-state index is 12.9. The third-order valence-corrected chi connectivity index (χ3v) is 6.52. The number of aromatic nitrogens is 2. The number of hydrogen-bond donors (Lipinski definition) is 1. The molecule has 0 spiro atoms. The molecule has 2 aliphatic rings. The van der Waals surface area contributed by atoms with Crippen molar-refractivity contribution in [1.82, 2.24) is 20.0 Å². The minimum absolute atomic E-state index is 0.0145. The van der Waals surface area contributed by atoms with Gasteiger partial charge in [0, 0.05) is 37.0 Å². The second-order valence-electron chi connectivity index (χ2n) is 7.20. The molecule has 1 aromatic heterocycles. The molecule has 1 saturated heterocycles. The molecular formula is C20H23ClN4O2S. The van der Waals surface area contributed by atoms with Crippen molar-refractivity contribution in [3.05, 3.63) is 46.2 Å². The fourth-order valence-electron chi connectivity index (χ4n) is 3.85. The molecular weight excluding hydrogens is 396 g/mol. The molecule has 4 rings (SSSR count). The molecule has 3 heterocycles. The lowest BCUT2D eigenvalue weighted by Gasteiger charge is -2.31. The van der Waals surface area contributed by atoms with E-state index in [0.717, 1.165) is 36.4 Å². The van der Waals surface area contributed by atoms with E-state index in [1.54, 1.807) is 17.8 Å². The molecule has 0 unspecified atom stereocenters. The van der Waals surface area contributed by atoms with E-state index >= 15 is 0 Å². The maximum atomic E-state index is 12.9. The average Bonchev–Trinajstić information content (AvgIpc) is 3.08. The highest BCUT2D eigenvalue weighted by molar-refractivity contribution is 7.98. The number of benzene rings is 1. The van der Waals surface area contributed by atoms with Crippen LogP contribution in [-0.4, -0.2) is 52.4 Å². The zero-order valence-electron chi connectivity index (χ0n) is 15.8. The van der Waals surface area contributed by atoms with E-state index < -0.39 is 0 Å². The molecule has 28 heavy (non-hydrogen) atoms. The lowest BCUT2D eigenvalue weighted by Crippen LogP contribution is -2.38. The van der Waals surface area contributed by atoms with Gasteiger partial charge in [-0.05, 0) is 49.8 Å². The molecule has 8 heteroatoms. The molecule has 0 atom stereocenters. The number of carbonyl (C=O) groups is 2. The van der Waals surface area contributed by atoms with Crippen LogP contribution in [0.15, 0.2) is 29.2 Å². The molecule has 0 aliphatic carbocycles. The Morgan fingerprint density at radius 1 is 1.25 bits per heavy atom. The molecule has 0 saturated carbocycles. The van der Waals surface area contributed by atoms with Crippen molar-refractivity contribution in [3.63, 3.8) is 0 Å². The van der Waals surface area contributed by atoms with Gasteiger partial charge in [0.15, 0.2) is 0 Å². The Bertz CT molecular complexity index is 906. The standard InChI is InChI=1S/C20H23ClN4O2S/c1-28-14-3-4-16(21)15(11-14)20(27)24-9-5-13(6-10-24)17-12-18-19(26)22-7-2-8-25(18)23-17/h3-4,11-13H,2,5-10H2,1H3,(H,22,26). The number of thioether (sulfide) groups is 1. The van der Waals surface area contributed by atoms with Crippen LogP contribution < -0.4 is 5.32 Å². The van der Waals surface area contributed by atoms with E-state index in [9.17, 15) is 9.59 Å². The van der Waals surface area contributed by atoms with E-state index in [0.29, 0.717) is 35.9 Å². The quantitative estimate of drug-likeness (QED) is 0.775. The summed E-state index contributed by atoms with van der Waals surface area (Å²) in [6, 6.07) is 7.50. The van der Waals surface area contributed by atoms with Gasteiger partial charge in [-0.15, -0.1) is 11.8 Å². The van der Waals surface area contributed by atoms with Crippen LogP contribution in [0.3, 0.4) is 0 Å². The monoisotopic (exact) mass is 418 g/mol. The van der Waals surface area contributed by atoms with Crippen molar-refractivity contribution in [2.75, 3.05) is 25.9 Å². The van der Waals surface area contributed by atoms with Crippen molar-refractivity contribution in [3.8, 4) is 0 Å². The van der Waals surface area contributed by atoms with E-state index in [1.165, 1.54) is 0 Å². The molecule has 2 aromatic rings. The Morgan fingerprint density at radius 3 is 2.79 bits per heavy atom. The van der Waals surface area contributed by atoms with Crippen LogP contribution >= 0.6 is 23.4 Å². The van der Waals surface area contributed by atoms with Gasteiger partial charge in [-0.25, -0.2) is 0 Å². The van der Waals surface area contributed by atoms with Crippen molar-refractivity contribution in [2.24, 2.45) is 0 Å². The maximum Gasteiger partial charge on any atom is 0.269 e. The Hall–Kier alpha value is -1.99. The smallest absolute Gasteiger partial charge is 0.269 e. The van der Waals surface area contributed by atoms with Gasteiger partial charge in [-0.2, -0.15) is 5.10 Å². The summed E-state index contributed by atoms with van der Waals surface area (Å²) >= 11 is 7.86. The molecule has 148 valence electrons. The highest BCUT2D eigenvalue weighted by Gasteiger charge is 2.29. The van der Waals surface area contributed by atoms with Gasteiger partial charge >= 0.3 is 0 Å². The lowest BCUT2D eigenvalue weighted by atomic mass is 9.93. The number of carbonyl (C=O) groups excluding carboxylic acids is 2. The lowest BCUT2D eigenvalue weighted by molar-refractivity contribution is 0.0711. The first-order valence-corrected chi connectivity index (χ1v) is 11.2. The van der Waals surface area contributed by atoms with Crippen LogP contribution in [-0.2, 0) is 6.54 Å². The number of nitrogens with one attached hydrogen (secondary N) is 1. The normalized spacial score (nSPS) is 17.8. The predicted molar refractivity (Wildman–Crippen MR) is 110 cm³/mol. The molecule has 1 N–H and O–H groups in total. The Balaban J connectivity index is 1.45. The van der Waals surface area contributed by atoms with Gasteiger partial charge in [0.05, 0.1) is 16.3 Å². The number of piperidine rings is 1. The summed E-state index contributed by atoms with van der Waals surface area (Å²) in [7, 11) is 0. The van der Waals surface area contributed by atoms with E-state index in [1.807, 2.05) is 34.0 Å². The number of nitrogens with zero attached hydrogens (tertiary/aromatic N) is 3. The van der Waals surface area contributed by atoms with E-state index in [2.05, 4.69) is 10.4 Å². The van der Waals surface area contributed by atoms with Crippen molar-refractivity contribution in [2.45, 2.75) is 36.6 Å². The number of halogens is 1. The minimum Gasteiger partial charge on any atom is -0.351 e. The molecule has 0 radical (unpaired) electrons. The van der Waals surface area contributed by atoms with Crippen molar-refractivity contribution < 1.29 is 9.59 Å². The number of aryl methyl sites for hydroxylation is 1. The zero-order chi connectivity index (χ0) is 19.7.